The van der Waals surface area contributed by atoms with Crippen LogP contribution in [0.2, 0.25) is 0 Å². The lowest BCUT2D eigenvalue weighted by molar-refractivity contribution is 0.0143. The summed E-state index contributed by atoms with van der Waals surface area (Å²) in [5, 5.41) is 19.7. The Morgan fingerprint density at radius 1 is 1.39 bits per heavy atom. The van der Waals surface area contributed by atoms with Gasteiger partial charge in [0.2, 0.25) is 0 Å². The second kappa shape index (κ2) is 6.04. The molecule has 1 unspecified atom stereocenters. The molecule has 0 spiro atoms. The molecule has 0 amide bonds. The van der Waals surface area contributed by atoms with E-state index in [-0.39, 0.29) is 5.75 Å². The minimum atomic E-state index is -0.586. The Balaban J connectivity index is 2.01. The van der Waals surface area contributed by atoms with E-state index in [0.29, 0.717) is 25.5 Å². The van der Waals surface area contributed by atoms with Crippen molar-refractivity contribution >= 4 is 0 Å². The van der Waals surface area contributed by atoms with E-state index in [9.17, 15) is 10.2 Å². The van der Waals surface area contributed by atoms with Gasteiger partial charge in [0.05, 0.1) is 26.4 Å². The molecule has 0 bridgehead atoms. The summed E-state index contributed by atoms with van der Waals surface area (Å²) >= 11 is 0. The Morgan fingerprint density at radius 3 is 2.78 bits per heavy atom. The van der Waals surface area contributed by atoms with Gasteiger partial charge in [-0.1, -0.05) is 6.07 Å². The molecular formula is C13H19NO4. The lowest BCUT2D eigenvalue weighted by atomic mass is 10.1. The molecule has 0 radical (unpaired) electrons. The van der Waals surface area contributed by atoms with Crippen LogP contribution in [0.1, 0.15) is 11.7 Å². The molecule has 1 atom stereocenters. The number of aliphatic hydroxyl groups excluding tert-OH is 1. The van der Waals surface area contributed by atoms with Crippen LogP contribution in [0.3, 0.4) is 0 Å². The van der Waals surface area contributed by atoms with Crippen molar-refractivity contribution in [3.05, 3.63) is 23.8 Å². The minimum Gasteiger partial charge on any atom is -0.504 e. The highest BCUT2D eigenvalue weighted by molar-refractivity contribution is 5.42. The van der Waals surface area contributed by atoms with Crippen LogP contribution in [-0.2, 0) is 4.74 Å². The molecule has 1 fully saturated rings. The van der Waals surface area contributed by atoms with Gasteiger partial charge in [0.15, 0.2) is 11.5 Å². The Hall–Kier alpha value is -1.30. The maximum Gasteiger partial charge on any atom is 0.160 e. The van der Waals surface area contributed by atoms with Crippen LogP contribution in [0, 0.1) is 0 Å². The number of aliphatic hydroxyl groups is 1. The highest BCUT2D eigenvalue weighted by Crippen LogP contribution is 2.29. The summed E-state index contributed by atoms with van der Waals surface area (Å²) in [5.74, 6) is 0.466. The van der Waals surface area contributed by atoms with Crippen molar-refractivity contribution in [2.45, 2.75) is 6.10 Å². The molecule has 1 aromatic rings. The first kappa shape index (κ1) is 13.1. The van der Waals surface area contributed by atoms with Gasteiger partial charge < -0.3 is 19.7 Å². The van der Waals surface area contributed by atoms with Crippen LogP contribution in [0.15, 0.2) is 18.2 Å². The fourth-order valence-corrected chi connectivity index (χ4v) is 2.04. The van der Waals surface area contributed by atoms with E-state index in [1.165, 1.54) is 13.2 Å². The first-order valence-corrected chi connectivity index (χ1v) is 6.06. The van der Waals surface area contributed by atoms with Crippen LogP contribution < -0.4 is 4.74 Å². The lowest BCUT2D eigenvalue weighted by Gasteiger charge is -2.28. The Labute approximate surface area is 107 Å². The quantitative estimate of drug-likeness (QED) is 0.829. The largest absolute Gasteiger partial charge is 0.504 e. The fourth-order valence-electron chi connectivity index (χ4n) is 2.04. The summed E-state index contributed by atoms with van der Waals surface area (Å²) < 4.78 is 10.3. The van der Waals surface area contributed by atoms with Crippen LogP contribution in [0.4, 0.5) is 0 Å². The number of β-amino-alcohol motifs (C(OH)–C–C–N with tert-alkyl or cyclic N) is 1. The Morgan fingerprint density at radius 2 is 2.11 bits per heavy atom. The van der Waals surface area contributed by atoms with Crippen molar-refractivity contribution in [3.8, 4) is 11.5 Å². The van der Waals surface area contributed by atoms with Gasteiger partial charge in [-0.05, 0) is 17.7 Å². The zero-order valence-corrected chi connectivity index (χ0v) is 10.5. The van der Waals surface area contributed by atoms with Gasteiger partial charge in [-0.15, -0.1) is 0 Å². The zero-order chi connectivity index (χ0) is 13.0. The molecule has 100 valence electrons. The molecule has 1 aliphatic rings. The van der Waals surface area contributed by atoms with E-state index in [1.807, 2.05) is 0 Å². The van der Waals surface area contributed by atoms with Gasteiger partial charge >= 0.3 is 0 Å². The molecule has 0 aromatic heterocycles. The maximum atomic E-state index is 10.2. The minimum absolute atomic E-state index is 0.0832. The van der Waals surface area contributed by atoms with Crippen LogP contribution in [-0.4, -0.2) is 55.1 Å². The first-order chi connectivity index (χ1) is 8.70. The fraction of sp³-hybridized carbons (Fsp3) is 0.538. The molecule has 1 saturated heterocycles. The number of ether oxygens (including phenoxy) is 2. The Bertz CT molecular complexity index is 391. The summed E-state index contributed by atoms with van der Waals surface area (Å²) in [6, 6.07) is 4.92. The van der Waals surface area contributed by atoms with E-state index in [4.69, 9.17) is 9.47 Å². The number of phenols is 1. The molecule has 1 heterocycles. The van der Waals surface area contributed by atoms with E-state index < -0.39 is 6.10 Å². The first-order valence-electron chi connectivity index (χ1n) is 6.06. The summed E-state index contributed by atoms with van der Waals surface area (Å²) in [5.41, 5.74) is 0.746. The molecule has 1 aliphatic heterocycles. The van der Waals surface area contributed by atoms with Gasteiger partial charge in [0, 0.05) is 19.6 Å². The molecule has 2 N–H and O–H groups in total. The molecule has 5 nitrogen and oxygen atoms in total. The molecule has 5 heteroatoms. The second-order valence-corrected chi connectivity index (χ2v) is 4.36. The third kappa shape index (κ3) is 3.13. The summed E-state index contributed by atoms with van der Waals surface area (Å²) in [6.45, 7) is 3.67. The van der Waals surface area contributed by atoms with Gasteiger partial charge in [-0.2, -0.15) is 0 Å². The number of rotatable bonds is 4. The number of nitrogens with zero attached hydrogens (tertiary/aromatic N) is 1. The van der Waals surface area contributed by atoms with E-state index >= 15 is 0 Å². The van der Waals surface area contributed by atoms with E-state index in [1.54, 1.807) is 12.1 Å². The summed E-state index contributed by atoms with van der Waals surface area (Å²) in [7, 11) is 1.49. The number of hydrogen-bond donors (Lipinski definition) is 2. The molecule has 18 heavy (non-hydrogen) atoms. The molecule has 2 rings (SSSR count). The number of morpholine rings is 1. The average Bonchev–Trinajstić information content (AvgIpc) is 2.40. The van der Waals surface area contributed by atoms with Crippen molar-refractivity contribution in [1.82, 2.24) is 4.90 Å². The molecule has 0 aliphatic carbocycles. The van der Waals surface area contributed by atoms with Crippen molar-refractivity contribution in [2.75, 3.05) is 40.0 Å². The van der Waals surface area contributed by atoms with Crippen molar-refractivity contribution in [2.24, 2.45) is 0 Å². The van der Waals surface area contributed by atoms with Crippen molar-refractivity contribution in [1.29, 1.82) is 0 Å². The van der Waals surface area contributed by atoms with Gasteiger partial charge in [0.25, 0.3) is 0 Å². The van der Waals surface area contributed by atoms with Gasteiger partial charge in [0.1, 0.15) is 0 Å². The molecule has 1 aromatic carbocycles. The topological polar surface area (TPSA) is 62.2 Å². The average molecular weight is 253 g/mol. The third-order valence-corrected chi connectivity index (χ3v) is 3.12. The smallest absolute Gasteiger partial charge is 0.160 e. The number of aromatic hydroxyl groups is 1. The maximum absolute atomic E-state index is 10.2. The predicted octanol–water partition coefficient (Wildman–Crippen LogP) is 0.766. The molecular weight excluding hydrogens is 234 g/mol. The number of benzene rings is 1. The molecule has 0 saturated carbocycles. The van der Waals surface area contributed by atoms with Gasteiger partial charge in [-0.3, -0.25) is 4.90 Å². The van der Waals surface area contributed by atoms with Crippen LogP contribution in [0.5, 0.6) is 11.5 Å². The lowest BCUT2D eigenvalue weighted by Crippen LogP contribution is -2.38. The highest BCUT2D eigenvalue weighted by atomic mass is 16.5. The number of hydrogen-bond acceptors (Lipinski definition) is 5. The van der Waals surface area contributed by atoms with Gasteiger partial charge in [-0.25, -0.2) is 0 Å². The van der Waals surface area contributed by atoms with Crippen molar-refractivity contribution < 1.29 is 19.7 Å². The highest BCUT2D eigenvalue weighted by Gasteiger charge is 2.17. The second-order valence-electron chi connectivity index (χ2n) is 4.36. The zero-order valence-electron chi connectivity index (χ0n) is 10.5. The van der Waals surface area contributed by atoms with Crippen LogP contribution >= 0.6 is 0 Å². The third-order valence-electron chi connectivity index (χ3n) is 3.12. The van der Waals surface area contributed by atoms with E-state index in [0.717, 1.165) is 18.7 Å². The Kier molecular flexibility index (Phi) is 4.41. The standard InChI is InChI=1S/C13H19NO4/c1-17-13-8-10(2-3-11(13)15)12(16)9-14-4-6-18-7-5-14/h2-3,8,12,15-16H,4-7,9H2,1H3. The SMILES string of the molecule is COc1cc(C(O)CN2CCOCC2)ccc1O. The summed E-state index contributed by atoms with van der Waals surface area (Å²) in [6.07, 6.45) is -0.586. The normalized spacial score (nSPS) is 18.6. The predicted molar refractivity (Wildman–Crippen MR) is 66.9 cm³/mol. The monoisotopic (exact) mass is 253 g/mol. The number of methoxy groups -OCH3 is 1. The van der Waals surface area contributed by atoms with Crippen molar-refractivity contribution in [3.63, 3.8) is 0 Å². The van der Waals surface area contributed by atoms with Crippen LogP contribution in [0.25, 0.3) is 0 Å². The summed E-state index contributed by atoms with van der Waals surface area (Å²) in [4.78, 5) is 2.16. The van der Waals surface area contributed by atoms with E-state index in [2.05, 4.69) is 4.90 Å². The number of phenolic OH excluding ortho intramolecular Hbond substituents is 1.